The quantitative estimate of drug-likeness (QED) is 0.721. The molecule has 4 heterocycles. The Labute approximate surface area is 127 Å². The van der Waals surface area contributed by atoms with E-state index in [1.54, 1.807) is 4.68 Å². The second-order valence-corrected chi connectivity index (χ2v) is 5.74. The minimum Gasteiger partial charge on any atom is -0.381 e. The van der Waals surface area contributed by atoms with E-state index in [1.807, 2.05) is 27.0 Å². The Balaban J connectivity index is 1.87. The molecule has 0 bridgehead atoms. The van der Waals surface area contributed by atoms with Gasteiger partial charge in [0.1, 0.15) is 0 Å². The predicted molar refractivity (Wildman–Crippen MR) is 79.5 cm³/mol. The Bertz CT molecular complexity index is 845. The highest BCUT2D eigenvalue weighted by Gasteiger charge is 2.25. The van der Waals surface area contributed by atoms with Crippen molar-refractivity contribution in [2.75, 3.05) is 13.2 Å². The number of pyridine rings is 1. The van der Waals surface area contributed by atoms with Crippen molar-refractivity contribution >= 4 is 11.0 Å². The van der Waals surface area contributed by atoms with Crippen molar-refractivity contribution in [3.8, 4) is 11.5 Å². The van der Waals surface area contributed by atoms with Crippen molar-refractivity contribution in [3.05, 3.63) is 23.3 Å². The van der Waals surface area contributed by atoms with Crippen LogP contribution in [0.15, 0.2) is 10.6 Å². The zero-order valence-electron chi connectivity index (χ0n) is 12.8. The summed E-state index contributed by atoms with van der Waals surface area (Å²) in [5.41, 5.74) is 3.53. The fourth-order valence-electron chi connectivity index (χ4n) is 2.99. The summed E-state index contributed by atoms with van der Waals surface area (Å²) in [6.45, 7) is 5.34. The van der Waals surface area contributed by atoms with Gasteiger partial charge in [-0.2, -0.15) is 10.1 Å². The standard InChI is InChI=1S/C15H17N5O2/c1-8-6-11(12-9(2)18-20(3)14(12)16-8)15-17-13(19-22-15)10-4-5-21-7-10/h6,10H,4-5,7H2,1-3H3/t10-/m0/s1. The number of hydrogen-bond donors (Lipinski definition) is 0. The lowest BCUT2D eigenvalue weighted by Gasteiger charge is -2.01. The molecule has 0 aromatic carbocycles. The molecule has 1 aliphatic heterocycles. The Morgan fingerprint density at radius 3 is 2.91 bits per heavy atom. The maximum absolute atomic E-state index is 5.51. The van der Waals surface area contributed by atoms with Crippen LogP contribution in [0.25, 0.3) is 22.5 Å². The predicted octanol–water partition coefficient (Wildman–Crippen LogP) is 2.14. The van der Waals surface area contributed by atoms with E-state index in [2.05, 4.69) is 20.2 Å². The van der Waals surface area contributed by atoms with Crippen molar-refractivity contribution in [2.45, 2.75) is 26.2 Å². The number of hydrogen-bond acceptors (Lipinski definition) is 6. The first kappa shape index (κ1) is 13.4. The summed E-state index contributed by atoms with van der Waals surface area (Å²) in [4.78, 5) is 9.14. The van der Waals surface area contributed by atoms with Crippen molar-refractivity contribution in [1.29, 1.82) is 0 Å². The van der Waals surface area contributed by atoms with E-state index in [9.17, 15) is 0 Å². The first-order chi connectivity index (χ1) is 10.6. The summed E-state index contributed by atoms with van der Waals surface area (Å²) in [6, 6.07) is 1.97. The van der Waals surface area contributed by atoms with Gasteiger partial charge in [0.15, 0.2) is 11.5 Å². The molecule has 0 radical (unpaired) electrons. The van der Waals surface area contributed by atoms with E-state index in [4.69, 9.17) is 9.26 Å². The molecule has 0 spiro atoms. The van der Waals surface area contributed by atoms with E-state index in [0.717, 1.165) is 46.8 Å². The van der Waals surface area contributed by atoms with Gasteiger partial charge in [-0.15, -0.1) is 0 Å². The van der Waals surface area contributed by atoms with Crippen molar-refractivity contribution in [2.24, 2.45) is 7.05 Å². The zero-order chi connectivity index (χ0) is 15.3. The number of rotatable bonds is 2. The molecular weight excluding hydrogens is 282 g/mol. The van der Waals surface area contributed by atoms with Crippen LogP contribution in [0.3, 0.4) is 0 Å². The minimum atomic E-state index is 0.228. The molecule has 0 N–H and O–H groups in total. The number of aryl methyl sites for hydroxylation is 3. The number of ether oxygens (including phenoxy) is 1. The lowest BCUT2D eigenvalue weighted by Crippen LogP contribution is -1.99. The second kappa shape index (κ2) is 4.88. The molecule has 0 unspecified atom stereocenters. The van der Waals surface area contributed by atoms with Crippen LogP contribution in [0.1, 0.15) is 29.6 Å². The molecule has 1 fully saturated rings. The lowest BCUT2D eigenvalue weighted by atomic mass is 10.1. The van der Waals surface area contributed by atoms with Crippen molar-refractivity contribution < 1.29 is 9.26 Å². The highest BCUT2D eigenvalue weighted by molar-refractivity contribution is 5.92. The van der Waals surface area contributed by atoms with Crippen LogP contribution in [-0.2, 0) is 11.8 Å². The molecule has 22 heavy (non-hydrogen) atoms. The van der Waals surface area contributed by atoms with E-state index in [0.29, 0.717) is 12.5 Å². The minimum absolute atomic E-state index is 0.228. The molecule has 114 valence electrons. The van der Waals surface area contributed by atoms with Crippen LogP contribution < -0.4 is 0 Å². The second-order valence-electron chi connectivity index (χ2n) is 5.74. The van der Waals surface area contributed by atoms with Gasteiger partial charge in [-0.1, -0.05) is 5.16 Å². The molecule has 3 aromatic rings. The van der Waals surface area contributed by atoms with Gasteiger partial charge in [0.2, 0.25) is 0 Å². The zero-order valence-corrected chi connectivity index (χ0v) is 12.8. The fourth-order valence-corrected chi connectivity index (χ4v) is 2.99. The largest absolute Gasteiger partial charge is 0.381 e. The van der Waals surface area contributed by atoms with Gasteiger partial charge in [-0.3, -0.25) is 4.68 Å². The molecule has 0 amide bonds. The van der Waals surface area contributed by atoms with Gasteiger partial charge in [0.05, 0.1) is 23.3 Å². The Hall–Kier alpha value is -2.28. The summed E-state index contributed by atoms with van der Waals surface area (Å²) in [5.74, 6) is 1.47. The van der Waals surface area contributed by atoms with E-state index in [1.165, 1.54) is 0 Å². The van der Waals surface area contributed by atoms with Gasteiger partial charge >= 0.3 is 0 Å². The van der Waals surface area contributed by atoms with Crippen LogP contribution in [-0.4, -0.2) is 38.1 Å². The van der Waals surface area contributed by atoms with E-state index in [-0.39, 0.29) is 5.92 Å². The third-order valence-corrected chi connectivity index (χ3v) is 4.06. The smallest absolute Gasteiger partial charge is 0.258 e. The third kappa shape index (κ3) is 2.00. The molecule has 3 aromatic heterocycles. The highest BCUT2D eigenvalue weighted by Crippen LogP contribution is 2.31. The van der Waals surface area contributed by atoms with Crippen molar-refractivity contribution in [3.63, 3.8) is 0 Å². The molecule has 0 saturated carbocycles. The Morgan fingerprint density at radius 2 is 2.14 bits per heavy atom. The average molecular weight is 299 g/mol. The molecule has 0 aliphatic carbocycles. The van der Waals surface area contributed by atoms with Crippen LogP contribution in [0.2, 0.25) is 0 Å². The number of nitrogens with zero attached hydrogens (tertiary/aromatic N) is 5. The maximum atomic E-state index is 5.51. The number of fused-ring (bicyclic) bond motifs is 1. The molecule has 7 heteroatoms. The summed E-state index contributed by atoms with van der Waals surface area (Å²) < 4.78 is 12.7. The van der Waals surface area contributed by atoms with Gasteiger partial charge in [-0.25, -0.2) is 4.98 Å². The maximum Gasteiger partial charge on any atom is 0.258 e. The Morgan fingerprint density at radius 1 is 1.27 bits per heavy atom. The molecular formula is C15H17N5O2. The number of aromatic nitrogens is 5. The topological polar surface area (TPSA) is 78.9 Å². The third-order valence-electron chi connectivity index (χ3n) is 4.06. The van der Waals surface area contributed by atoms with E-state index < -0.39 is 0 Å². The summed E-state index contributed by atoms with van der Waals surface area (Å²) >= 11 is 0. The van der Waals surface area contributed by atoms with Crippen molar-refractivity contribution in [1.82, 2.24) is 24.9 Å². The summed E-state index contributed by atoms with van der Waals surface area (Å²) in [7, 11) is 1.89. The molecule has 1 atom stereocenters. The molecule has 1 aliphatic rings. The lowest BCUT2D eigenvalue weighted by molar-refractivity contribution is 0.192. The molecule has 4 rings (SSSR count). The van der Waals surface area contributed by atoms with Gasteiger partial charge in [0, 0.05) is 25.3 Å². The first-order valence-electron chi connectivity index (χ1n) is 7.36. The van der Waals surface area contributed by atoms with Gasteiger partial charge in [-0.05, 0) is 26.3 Å². The first-order valence-corrected chi connectivity index (χ1v) is 7.36. The summed E-state index contributed by atoms with van der Waals surface area (Å²) in [5, 5.41) is 9.54. The SMILES string of the molecule is Cc1cc(-c2nc([C@H]3CCOC3)no2)c2c(C)nn(C)c2n1. The van der Waals surface area contributed by atoms with E-state index >= 15 is 0 Å². The Kier molecular flexibility index (Phi) is 2.97. The van der Waals surface area contributed by atoms with Crippen LogP contribution in [0.5, 0.6) is 0 Å². The highest BCUT2D eigenvalue weighted by atomic mass is 16.5. The average Bonchev–Trinajstić information content (AvgIpc) is 3.20. The van der Waals surface area contributed by atoms with Crippen LogP contribution in [0, 0.1) is 13.8 Å². The van der Waals surface area contributed by atoms with Gasteiger partial charge < -0.3 is 9.26 Å². The fraction of sp³-hybridized carbons (Fsp3) is 0.467. The normalized spacial score (nSPS) is 18.4. The van der Waals surface area contributed by atoms with Crippen LogP contribution >= 0.6 is 0 Å². The van der Waals surface area contributed by atoms with Crippen LogP contribution in [0.4, 0.5) is 0 Å². The molecule has 1 saturated heterocycles. The van der Waals surface area contributed by atoms with Gasteiger partial charge in [0.25, 0.3) is 5.89 Å². The monoisotopic (exact) mass is 299 g/mol. The summed E-state index contributed by atoms with van der Waals surface area (Å²) in [6.07, 6.45) is 0.940. The molecule has 7 nitrogen and oxygen atoms in total.